The van der Waals surface area contributed by atoms with Gasteiger partial charge >= 0.3 is 0 Å². The molecular weight excluding hydrogens is 308 g/mol. The first kappa shape index (κ1) is 18.4. The highest BCUT2D eigenvalue weighted by atomic mass is 32.2. The Kier molecular flexibility index (Phi) is 6.23. The molecule has 0 bridgehead atoms. The van der Waals surface area contributed by atoms with Gasteiger partial charge in [-0.3, -0.25) is 0 Å². The maximum absolute atomic E-state index is 12.8. The summed E-state index contributed by atoms with van der Waals surface area (Å²) in [5.74, 6) is 0.183. The van der Waals surface area contributed by atoms with E-state index in [1.54, 1.807) is 11.4 Å². The number of likely N-dealkylation sites (N-methyl/N-ethyl adjacent to an activating group) is 2. The Hall–Kier alpha value is -0.910. The number of benzene rings is 1. The highest BCUT2D eigenvalue weighted by Gasteiger charge is 2.33. The minimum Gasteiger partial charge on any atom is -0.315 e. The van der Waals surface area contributed by atoms with Crippen LogP contribution in [0.2, 0.25) is 0 Å². The summed E-state index contributed by atoms with van der Waals surface area (Å²) in [6.07, 6.45) is 4.88. The van der Waals surface area contributed by atoms with Crippen LogP contribution in [0.4, 0.5) is 0 Å². The van der Waals surface area contributed by atoms with Crippen molar-refractivity contribution in [1.29, 1.82) is 0 Å². The Morgan fingerprint density at radius 3 is 2.39 bits per heavy atom. The maximum Gasteiger partial charge on any atom is 0.214 e. The molecule has 2 atom stereocenters. The lowest BCUT2D eigenvalue weighted by Crippen LogP contribution is -2.51. The molecule has 0 aliphatic heterocycles. The third-order valence-electron chi connectivity index (χ3n) is 5.26. The van der Waals surface area contributed by atoms with E-state index in [0.717, 1.165) is 19.3 Å². The number of nitrogens with one attached hydrogen (secondary N) is 1. The summed E-state index contributed by atoms with van der Waals surface area (Å²) >= 11 is 0. The first-order chi connectivity index (χ1) is 10.9. The van der Waals surface area contributed by atoms with Crippen LogP contribution in [0.15, 0.2) is 18.2 Å². The first-order valence-corrected chi connectivity index (χ1v) is 10.2. The second-order valence-electron chi connectivity index (χ2n) is 6.70. The number of sulfonamides is 1. The summed E-state index contributed by atoms with van der Waals surface area (Å²) < 4.78 is 27.2. The van der Waals surface area contributed by atoms with Crippen molar-refractivity contribution in [2.75, 3.05) is 19.8 Å². The molecule has 1 aliphatic carbocycles. The van der Waals surface area contributed by atoms with Crippen LogP contribution in [-0.2, 0) is 16.4 Å². The number of aryl methyl sites for hydroxylation is 2. The third-order valence-corrected chi connectivity index (χ3v) is 7.13. The highest BCUT2D eigenvalue weighted by molar-refractivity contribution is 7.89. The van der Waals surface area contributed by atoms with E-state index in [2.05, 4.69) is 31.3 Å². The van der Waals surface area contributed by atoms with Crippen LogP contribution in [0.25, 0.3) is 0 Å². The molecule has 4 nitrogen and oxygen atoms in total. The van der Waals surface area contributed by atoms with Gasteiger partial charge in [0.1, 0.15) is 0 Å². The van der Waals surface area contributed by atoms with Crippen molar-refractivity contribution >= 4 is 10.0 Å². The Morgan fingerprint density at radius 1 is 1.17 bits per heavy atom. The monoisotopic (exact) mass is 338 g/mol. The fourth-order valence-corrected chi connectivity index (χ4v) is 5.12. The van der Waals surface area contributed by atoms with E-state index in [1.165, 1.54) is 23.1 Å². The van der Waals surface area contributed by atoms with E-state index in [0.29, 0.717) is 6.42 Å². The lowest BCUT2D eigenvalue weighted by molar-refractivity contribution is 0.229. The molecule has 2 rings (SSSR count). The van der Waals surface area contributed by atoms with Crippen LogP contribution in [0.3, 0.4) is 0 Å². The van der Waals surface area contributed by atoms with E-state index < -0.39 is 10.0 Å². The Labute approximate surface area is 141 Å². The molecule has 0 aromatic heterocycles. The SMILES string of the molecule is CNC1CCCCC1N(C)S(=O)(=O)CCc1c(C)cccc1C. The van der Waals surface area contributed by atoms with Crippen molar-refractivity contribution in [3.8, 4) is 0 Å². The highest BCUT2D eigenvalue weighted by Crippen LogP contribution is 2.25. The largest absolute Gasteiger partial charge is 0.315 e. The van der Waals surface area contributed by atoms with E-state index in [4.69, 9.17) is 0 Å². The molecule has 1 aromatic rings. The fraction of sp³-hybridized carbons (Fsp3) is 0.667. The lowest BCUT2D eigenvalue weighted by atomic mass is 9.90. The standard InChI is InChI=1S/C18H30N2O2S/c1-14-8-7-9-15(2)16(14)12-13-23(21,22)20(4)18-11-6-5-10-17(18)19-3/h7-9,17-19H,5-6,10-13H2,1-4H3. The van der Waals surface area contributed by atoms with Gasteiger partial charge in [0.15, 0.2) is 0 Å². The molecule has 5 heteroatoms. The van der Waals surface area contributed by atoms with E-state index in [1.807, 2.05) is 13.1 Å². The number of nitrogens with zero attached hydrogens (tertiary/aromatic N) is 1. The molecule has 1 aliphatic rings. The van der Waals surface area contributed by atoms with Crippen LogP contribution >= 0.6 is 0 Å². The minimum absolute atomic E-state index is 0.0803. The van der Waals surface area contributed by atoms with E-state index in [-0.39, 0.29) is 17.8 Å². The second kappa shape index (κ2) is 7.77. The molecule has 2 unspecified atom stereocenters. The molecule has 0 saturated heterocycles. The number of hydrogen-bond donors (Lipinski definition) is 1. The quantitative estimate of drug-likeness (QED) is 0.867. The van der Waals surface area contributed by atoms with Gasteiger partial charge in [0, 0.05) is 19.1 Å². The average molecular weight is 339 g/mol. The van der Waals surface area contributed by atoms with Gasteiger partial charge in [-0.1, -0.05) is 31.0 Å². The van der Waals surface area contributed by atoms with Crippen molar-refractivity contribution in [3.05, 3.63) is 34.9 Å². The van der Waals surface area contributed by atoms with Gasteiger partial charge in [0.25, 0.3) is 0 Å². The lowest BCUT2D eigenvalue weighted by Gasteiger charge is -2.37. The second-order valence-corrected chi connectivity index (χ2v) is 8.85. The molecule has 1 fully saturated rings. The Morgan fingerprint density at radius 2 is 1.78 bits per heavy atom. The van der Waals surface area contributed by atoms with Crippen LogP contribution in [0.1, 0.15) is 42.4 Å². The van der Waals surface area contributed by atoms with Crippen molar-refractivity contribution in [1.82, 2.24) is 9.62 Å². The van der Waals surface area contributed by atoms with Crippen molar-refractivity contribution in [2.24, 2.45) is 0 Å². The molecule has 1 saturated carbocycles. The molecule has 23 heavy (non-hydrogen) atoms. The third kappa shape index (κ3) is 4.34. The molecule has 0 heterocycles. The fourth-order valence-electron chi connectivity index (χ4n) is 3.71. The van der Waals surface area contributed by atoms with Crippen LogP contribution in [0, 0.1) is 13.8 Å². The normalized spacial score (nSPS) is 22.5. The number of hydrogen-bond acceptors (Lipinski definition) is 3. The predicted molar refractivity (Wildman–Crippen MR) is 96.3 cm³/mol. The predicted octanol–water partition coefficient (Wildman–Crippen LogP) is 2.64. The van der Waals surface area contributed by atoms with Crippen LogP contribution < -0.4 is 5.32 Å². The smallest absolute Gasteiger partial charge is 0.214 e. The van der Waals surface area contributed by atoms with Crippen molar-refractivity contribution in [3.63, 3.8) is 0 Å². The maximum atomic E-state index is 12.8. The van der Waals surface area contributed by atoms with Crippen LogP contribution in [-0.4, -0.2) is 44.7 Å². The zero-order valence-corrected chi connectivity index (χ0v) is 15.6. The van der Waals surface area contributed by atoms with Crippen molar-refractivity contribution < 1.29 is 8.42 Å². The molecule has 1 aromatic carbocycles. The minimum atomic E-state index is -3.24. The summed E-state index contributed by atoms with van der Waals surface area (Å²) in [7, 11) is 0.440. The Bertz CT molecular complexity index is 608. The van der Waals surface area contributed by atoms with Crippen LogP contribution in [0.5, 0.6) is 0 Å². The number of rotatable bonds is 6. The van der Waals surface area contributed by atoms with Gasteiger partial charge in [-0.25, -0.2) is 12.7 Å². The summed E-state index contributed by atoms with van der Waals surface area (Å²) in [6, 6.07) is 6.47. The zero-order valence-electron chi connectivity index (χ0n) is 14.8. The topological polar surface area (TPSA) is 49.4 Å². The first-order valence-electron chi connectivity index (χ1n) is 8.55. The van der Waals surface area contributed by atoms with Gasteiger partial charge in [-0.05, 0) is 56.8 Å². The molecule has 0 amide bonds. The van der Waals surface area contributed by atoms with Gasteiger partial charge in [0.2, 0.25) is 10.0 Å². The van der Waals surface area contributed by atoms with Gasteiger partial charge in [-0.2, -0.15) is 0 Å². The van der Waals surface area contributed by atoms with E-state index in [9.17, 15) is 8.42 Å². The van der Waals surface area contributed by atoms with Gasteiger partial charge < -0.3 is 5.32 Å². The summed E-state index contributed by atoms with van der Waals surface area (Å²) in [4.78, 5) is 0. The molecule has 1 N–H and O–H groups in total. The van der Waals surface area contributed by atoms with E-state index >= 15 is 0 Å². The average Bonchev–Trinajstić information content (AvgIpc) is 2.53. The summed E-state index contributed by atoms with van der Waals surface area (Å²) in [5, 5.41) is 3.29. The van der Waals surface area contributed by atoms with Gasteiger partial charge in [0.05, 0.1) is 5.75 Å². The zero-order chi connectivity index (χ0) is 17.0. The molecule has 130 valence electrons. The van der Waals surface area contributed by atoms with Crippen molar-refractivity contribution in [2.45, 2.75) is 58.0 Å². The summed E-state index contributed by atoms with van der Waals surface area (Å²) in [6.45, 7) is 4.10. The van der Waals surface area contributed by atoms with Gasteiger partial charge in [-0.15, -0.1) is 0 Å². The molecular formula is C18H30N2O2S. The summed E-state index contributed by atoms with van der Waals surface area (Å²) in [5.41, 5.74) is 3.51. The molecule has 0 radical (unpaired) electrons. The molecule has 0 spiro atoms. The Balaban J connectivity index is 2.09.